The third-order valence-corrected chi connectivity index (χ3v) is 8.65. The molecule has 6 nitrogen and oxygen atoms in total. The van der Waals surface area contributed by atoms with Crippen molar-refractivity contribution in [2.45, 2.75) is 29.3 Å². The maximum absolute atomic E-state index is 13.7. The molecule has 1 aromatic heterocycles. The SMILES string of the molecule is CCOc1cc(C2c3sc(=S)[nH]c3SC3C(=O)N(c4cccc(C(F)(F)F)c4)C(=O)C32)ccc1O. The molecule has 0 aliphatic carbocycles. The summed E-state index contributed by atoms with van der Waals surface area (Å²) in [5, 5.41) is 9.94. The average Bonchev–Trinajstić information content (AvgIpc) is 3.29. The van der Waals surface area contributed by atoms with Gasteiger partial charge in [-0.1, -0.05) is 23.9 Å². The van der Waals surface area contributed by atoms with Gasteiger partial charge in [-0.3, -0.25) is 9.59 Å². The first-order chi connectivity index (χ1) is 16.6. The second-order valence-corrected chi connectivity index (χ2v) is 10.8. The first kappa shape index (κ1) is 23.9. The number of phenolic OH excluding ortho intramolecular Hbond substituents is 1. The minimum absolute atomic E-state index is 0.0707. The number of fused-ring (bicyclic) bond motifs is 2. The minimum Gasteiger partial charge on any atom is -0.504 e. The molecule has 0 bridgehead atoms. The number of halogens is 3. The normalized spacial score (nSPS) is 21.7. The maximum atomic E-state index is 13.7. The number of hydrogen-bond acceptors (Lipinski definition) is 7. The van der Waals surface area contributed by atoms with E-state index in [4.69, 9.17) is 17.0 Å². The van der Waals surface area contributed by atoms with Gasteiger partial charge in [0.2, 0.25) is 11.8 Å². The molecule has 12 heteroatoms. The Morgan fingerprint density at radius 1 is 1.17 bits per heavy atom. The second kappa shape index (κ2) is 8.68. The number of carbonyl (C=O) groups is 2. The number of ether oxygens (including phenoxy) is 1. The maximum Gasteiger partial charge on any atom is 0.416 e. The van der Waals surface area contributed by atoms with E-state index in [0.717, 1.165) is 33.7 Å². The predicted octanol–water partition coefficient (Wildman–Crippen LogP) is 5.72. The number of imide groups is 1. The minimum atomic E-state index is -4.62. The molecular weight excluding hydrogens is 521 g/mol. The highest BCUT2D eigenvalue weighted by Gasteiger charge is 2.56. The molecule has 2 N–H and O–H groups in total. The second-order valence-electron chi connectivity index (χ2n) is 7.97. The summed E-state index contributed by atoms with van der Waals surface area (Å²) >= 11 is 7.74. The number of rotatable bonds is 4. The standard InChI is InChI=1S/C23H17F3N2O4S3/c1-2-32-14-8-10(6-7-13(14)29)15-16-18(34-19-17(15)35-22(33)27-19)21(31)28(20(16)30)12-5-3-4-11(9-12)23(24,25)26/h3-9,15-16,18,29H,2H2,1H3,(H,27,33). The number of thioether (sulfide) groups is 1. The van der Waals surface area contributed by atoms with Crippen LogP contribution in [0.3, 0.4) is 0 Å². The fraction of sp³-hybridized carbons (Fsp3) is 0.261. The summed E-state index contributed by atoms with van der Waals surface area (Å²) in [6, 6.07) is 8.91. The van der Waals surface area contributed by atoms with Crippen molar-refractivity contribution in [3.8, 4) is 11.5 Å². The van der Waals surface area contributed by atoms with Crippen molar-refractivity contribution in [2.75, 3.05) is 11.5 Å². The van der Waals surface area contributed by atoms with E-state index in [-0.39, 0.29) is 17.2 Å². The van der Waals surface area contributed by atoms with Gasteiger partial charge in [0.05, 0.1) is 28.8 Å². The smallest absolute Gasteiger partial charge is 0.416 e. The van der Waals surface area contributed by atoms with Crippen molar-refractivity contribution in [3.63, 3.8) is 0 Å². The number of amides is 2. The molecule has 3 unspecified atom stereocenters. The van der Waals surface area contributed by atoms with Crippen molar-refractivity contribution >= 4 is 52.8 Å². The molecular formula is C23H17F3N2O4S3. The number of benzene rings is 2. The Labute approximate surface area is 210 Å². The molecule has 0 saturated carbocycles. The molecule has 5 rings (SSSR count). The van der Waals surface area contributed by atoms with Crippen LogP contribution in [0.25, 0.3) is 0 Å². The lowest BCUT2D eigenvalue weighted by atomic mass is 9.83. The fourth-order valence-electron chi connectivity index (χ4n) is 4.45. The van der Waals surface area contributed by atoms with Gasteiger partial charge in [0, 0.05) is 10.8 Å². The Morgan fingerprint density at radius 3 is 2.66 bits per heavy atom. The summed E-state index contributed by atoms with van der Waals surface area (Å²) in [7, 11) is 0. The fourth-order valence-corrected chi connectivity index (χ4v) is 7.41. The number of nitrogens with one attached hydrogen (secondary N) is 1. The quantitative estimate of drug-likeness (QED) is 0.326. The van der Waals surface area contributed by atoms with Gasteiger partial charge in [-0.2, -0.15) is 13.2 Å². The number of aromatic nitrogens is 1. The van der Waals surface area contributed by atoms with Crippen LogP contribution in [0.15, 0.2) is 47.5 Å². The van der Waals surface area contributed by atoms with E-state index in [1.807, 2.05) is 0 Å². The van der Waals surface area contributed by atoms with E-state index >= 15 is 0 Å². The van der Waals surface area contributed by atoms with E-state index in [1.165, 1.54) is 29.5 Å². The van der Waals surface area contributed by atoms with Crippen LogP contribution in [-0.2, 0) is 15.8 Å². The molecule has 35 heavy (non-hydrogen) atoms. The molecule has 2 aliphatic rings. The molecule has 3 atom stereocenters. The number of phenols is 1. The van der Waals surface area contributed by atoms with Crippen LogP contribution in [0, 0.1) is 9.87 Å². The zero-order valence-corrected chi connectivity index (χ0v) is 20.4. The van der Waals surface area contributed by atoms with E-state index in [0.29, 0.717) is 21.2 Å². The molecule has 1 saturated heterocycles. The lowest BCUT2D eigenvalue weighted by molar-refractivity contribution is -0.137. The summed E-state index contributed by atoms with van der Waals surface area (Å²) in [5.74, 6) is -2.51. The highest BCUT2D eigenvalue weighted by Crippen LogP contribution is 2.54. The average molecular weight is 539 g/mol. The summed E-state index contributed by atoms with van der Waals surface area (Å²) in [6.45, 7) is 2.07. The van der Waals surface area contributed by atoms with E-state index < -0.39 is 40.6 Å². The first-order valence-corrected chi connectivity index (χ1v) is 12.6. The lowest BCUT2D eigenvalue weighted by Gasteiger charge is -2.30. The van der Waals surface area contributed by atoms with Gasteiger partial charge in [-0.15, -0.1) is 11.3 Å². The highest BCUT2D eigenvalue weighted by atomic mass is 32.2. The van der Waals surface area contributed by atoms with E-state index in [2.05, 4.69) is 4.98 Å². The number of anilines is 1. The largest absolute Gasteiger partial charge is 0.504 e. The number of hydrogen-bond donors (Lipinski definition) is 2. The van der Waals surface area contributed by atoms with Crippen LogP contribution in [-0.4, -0.2) is 33.8 Å². The topological polar surface area (TPSA) is 82.6 Å². The van der Waals surface area contributed by atoms with Crippen molar-refractivity contribution in [1.29, 1.82) is 0 Å². The van der Waals surface area contributed by atoms with Gasteiger partial charge in [0.25, 0.3) is 0 Å². The molecule has 3 aromatic rings. The molecule has 2 amide bonds. The number of alkyl halides is 3. The van der Waals surface area contributed by atoms with Gasteiger partial charge in [-0.25, -0.2) is 4.90 Å². The zero-order chi connectivity index (χ0) is 25.1. The summed E-state index contributed by atoms with van der Waals surface area (Å²) in [4.78, 5) is 31.8. The van der Waals surface area contributed by atoms with Crippen molar-refractivity contribution < 1.29 is 32.6 Å². The Bertz CT molecular complexity index is 1400. The summed E-state index contributed by atoms with van der Waals surface area (Å²) in [5.41, 5.74) is -0.446. The van der Waals surface area contributed by atoms with E-state index in [9.17, 15) is 27.9 Å². The van der Waals surface area contributed by atoms with Crippen molar-refractivity contribution in [3.05, 3.63) is 62.4 Å². The van der Waals surface area contributed by atoms with Crippen LogP contribution in [0.1, 0.15) is 28.8 Å². The number of aromatic amines is 1. The molecule has 1 fully saturated rings. The monoisotopic (exact) mass is 538 g/mol. The van der Waals surface area contributed by atoms with Crippen LogP contribution >= 0.6 is 35.3 Å². The van der Waals surface area contributed by atoms with Gasteiger partial charge in [0.1, 0.15) is 5.25 Å². The molecule has 2 aromatic carbocycles. The molecule has 0 spiro atoms. The number of aromatic hydroxyl groups is 1. The van der Waals surface area contributed by atoms with E-state index in [1.54, 1.807) is 19.1 Å². The van der Waals surface area contributed by atoms with Crippen LogP contribution in [0.5, 0.6) is 11.5 Å². The summed E-state index contributed by atoms with van der Waals surface area (Å²) < 4.78 is 45.9. The third kappa shape index (κ3) is 4.03. The lowest BCUT2D eigenvalue weighted by Crippen LogP contribution is -2.32. The number of nitrogens with zero attached hydrogens (tertiary/aromatic N) is 1. The van der Waals surface area contributed by atoms with Gasteiger partial charge >= 0.3 is 6.18 Å². The van der Waals surface area contributed by atoms with Crippen LogP contribution in [0.4, 0.5) is 18.9 Å². The highest BCUT2D eigenvalue weighted by molar-refractivity contribution is 8.01. The van der Waals surface area contributed by atoms with Crippen LogP contribution < -0.4 is 9.64 Å². The predicted molar refractivity (Wildman–Crippen MR) is 128 cm³/mol. The Kier molecular flexibility index (Phi) is 5.93. The molecule has 0 radical (unpaired) electrons. The van der Waals surface area contributed by atoms with Gasteiger partial charge in [-0.05, 0) is 55.0 Å². The van der Waals surface area contributed by atoms with Crippen molar-refractivity contribution in [2.24, 2.45) is 5.92 Å². The molecule has 182 valence electrons. The zero-order valence-electron chi connectivity index (χ0n) is 18.0. The number of H-pyrrole nitrogens is 1. The Hall–Kier alpha value is -2.83. The van der Waals surface area contributed by atoms with Crippen LogP contribution in [0.2, 0.25) is 0 Å². The number of thiazole rings is 1. The van der Waals surface area contributed by atoms with Crippen molar-refractivity contribution in [1.82, 2.24) is 4.98 Å². The van der Waals surface area contributed by atoms with Gasteiger partial charge in [0.15, 0.2) is 15.5 Å². The Morgan fingerprint density at radius 2 is 1.94 bits per heavy atom. The molecule has 3 heterocycles. The summed E-state index contributed by atoms with van der Waals surface area (Å²) in [6.07, 6.45) is -4.62. The molecule has 2 aliphatic heterocycles. The number of carbonyl (C=O) groups excluding carboxylic acids is 2. The third-order valence-electron chi connectivity index (χ3n) is 5.90. The van der Waals surface area contributed by atoms with Gasteiger partial charge < -0.3 is 14.8 Å². The Balaban J connectivity index is 1.63. The first-order valence-electron chi connectivity index (χ1n) is 10.5.